The fourth-order valence-corrected chi connectivity index (χ4v) is 4.35. The standard InChI is InChI=1S/C15H20N2O2S2/c1-9-7-13(8-14(16)11(9)3)21(18,19)17-12(4)15-6-5-10(2)20-15/h5-8,12,17H,16H2,1-4H3. The Morgan fingerprint density at radius 2 is 1.86 bits per heavy atom. The van der Waals surface area contributed by atoms with Gasteiger partial charge < -0.3 is 5.73 Å². The van der Waals surface area contributed by atoms with E-state index < -0.39 is 10.0 Å². The Balaban J connectivity index is 2.30. The molecule has 6 heteroatoms. The third-order valence-corrected chi connectivity index (χ3v) is 6.21. The number of sulfonamides is 1. The molecule has 0 aliphatic rings. The largest absolute Gasteiger partial charge is 0.398 e. The molecule has 2 rings (SSSR count). The second-order valence-corrected chi connectivity index (χ2v) is 8.28. The van der Waals surface area contributed by atoms with Crippen molar-refractivity contribution in [3.05, 3.63) is 45.1 Å². The highest BCUT2D eigenvalue weighted by atomic mass is 32.2. The number of hydrogen-bond donors (Lipinski definition) is 2. The molecule has 0 amide bonds. The van der Waals surface area contributed by atoms with Gasteiger partial charge in [0.1, 0.15) is 0 Å². The Bertz CT molecular complexity index is 741. The number of thiophene rings is 1. The second kappa shape index (κ2) is 5.79. The van der Waals surface area contributed by atoms with E-state index in [1.165, 1.54) is 6.07 Å². The normalized spacial score (nSPS) is 13.3. The third kappa shape index (κ3) is 3.45. The van der Waals surface area contributed by atoms with Crippen LogP contribution in [-0.2, 0) is 10.0 Å². The highest BCUT2D eigenvalue weighted by Gasteiger charge is 2.20. The lowest BCUT2D eigenvalue weighted by Crippen LogP contribution is -2.26. The summed E-state index contributed by atoms with van der Waals surface area (Å²) < 4.78 is 27.7. The van der Waals surface area contributed by atoms with Gasteiger partial charge in [-0.3, -0.25) is 0 Å². The molecular formula is C15H20N2O2S2. The average Bonchev–Trinajstić information content (AvgIpc) is 2.81. The van der Waals surface area contributed by atoms with Gasteiger partial charge in [0.05, 0.1) is 10.9 Å². The number of nitrogens with two attached hydrogens (primary N) is 1. The molecule has 1 aromatic heterocycles. The molecule has 0 fully saturated rings. The van der Waals surface area contributed by atoms with E-state index in [9.17, 15) is 8.42 Å². The monoisotopic (exact) mass is 324 g/mol. The maximum absolute atomic E-state index is 12.5. The molecule has 3 N–H and O–H groups in total. The predicted molar refractivity (Wildman–Crippen MR) is 88.1 cm³/mol. The summed E-state index contributed by atoms with van der Waals surface area (Å²) in [5, 5.41) is 0. The molecule has 0 bridgehead atoms. The van der Waals surface area contributed by atoms with Crippen molar-refractivity contribution in [3.8, 4) is 0 Å². The van der Waals surface area contributed by atoms with Crippen molar-refractivity contribution in [3.63, 3.8) is 0 Å². The van der Waals surface area contributed by atoms with E-state index in [0.717, 1.165) is 20.9 Å². The smallest absolute Gasteiger partial charge is 0.241 e. The number of benzene rings is 1. The topological polar surface area (TPSA) is 72.2 Å². The van der Waals surface area contributed by atoms with E-state index in [1.807, 2.05) is 39.8 Å². The van der Waals surface area contributed by atoms with Crippen LogP contribution in [0.5, 0.6) is 0 Å². The number of nitrogen functional groups attached to an aromatic ring is 1. The zero-order valence-corrected chi connectivity index (χ0v) is 14.2. The highest BCUT2D eigenvalue weighted by molar-refractivity contribution is 7.89. The lowest BCUT2D eigenvalue weighted by atomic mass is 10.1. The van der Waals surface area contributed by atoms with Crippen molar-refractivity contribution in [1.29, 1.82) is 0 Å². The summed E-state index contributed by atoms with van der Waals surface area (Å²) >= 11 is 1.59. The summed E-state index contributed by atoms with van der Waals surface area (Å²) in [5.74, 6) is 0. The van der Waals surface area contributed by atoms with Gasteiger partial charge in [-0.15, -0.1) is 11.3 Å². The van der Waals surface area contributed by atoms with E-state index in [1.54, 1.807) is 17.4 Å². The van der Waals surface area contributed by atoms with E-state index in [2.05, 4.69) is 4.72 Å². The maximum Gasteiger partial charge on any atom is 0.241 e. The molecule has 114 valence electrons. The quantitative estimate of drug-likeness (QED) is 0.848. The Labute approximate surface area is 130 Å². The van der Waals surface area contributed by atoms with Crippen molar-refractivity contribution < 1.29 is 8.42 Å². The van der Waals surface area contributed by atoms with Crippen LogP contribution in [0.1, 0.15) is 33.8 Å². The van der Waals surface area contributed by atoms with Crippen LogP contribution in [-0.4, -0.2) is 8.42 Å². The Hall–Kier alpha value is -1.37. The fourth-order valence-electron chi connectivity index (χ4n) is 2.05. The van der Waals surface area contributed by atoms with Crippen LogP contribution in [0.25, 0.3) is 0 Å². The number of hydrogen-bond acceptors (Lipinski definition) is 4. The van der Waals surface area contributed by atoms with Crippen molar-refractivity contribution in [2.45, 2.75) is 38.6 Å². The molecule has 0 aliphatic heterocycles. The molecule has 4 nitrogen and oxygen atoms in total. The molecule has 1 heterocycles. The highest BCUT2D eigenvalue weighted by Crippen LogP contribution is 2.26. The fraction of sp³-hybridized carbons (Fsp3) is 0.333. The molecule has 1 aromatic carbocycles. The SMILES string of the molecule is Cc1ccc(C(C)NS(=O)(=O)c2cc(C)c(C)c(N)c2)s1. The van der Waals surface area contributed by atoms with Crippen LogP contribution in [0.3, 0.4) is 0 Å². The van der Waals surface area contributed by atoms with Crippen LogP contribution in [0.2, 0.25) is 0 Å². The van der Waals surface area contributed by atoms with Crippen molar-refractivity contribution in [1.82, 2.24) is 4.72 Å². The van der Waals surface area contributed by atoms with Gasteiger partial charge in [0.2, 0.25) is 10.0 Å². The van der Waals surface area contributed by atoms with Crippen LogP contribution < -0.4 is 10.5 Å². The van der Waals surface area contributed by atoms with Crippen LogP contribution in [0, 0.1) is 20.8 Å². The van der Waals surface area contributed by atoms with Gasteiger partial charge in [-0.25, -0.2) is 13.1 Å². The van der Waals surface area contributed by atoms with Gasteiger partial charge >= 0.3 is 0 Å². The minimum Gasteiger partial charge on any atom is -0.398 e. The van der Waals surface area contributed by atoms with Crippen LogP contribution in [0.15, 0.2) is 29.2 Å². The number of nitrogens with one attached hydrogen (secondary N) is 1. The van der Waals surface area contributed by atoms with Gasteiger partial charge in [0, 0.05) is 15.4 Å². The molecule has 0 aliphatic carbocycles. The molecule has 0 radical (unpaired) electrons. The summed E-state index contributed by atoms with van der Waals surface area (Å²) in [6, 6.07) is 6.83. The first-order valence-electron chi connectivity index (χ1n) is 6.66. The first kappa shape index (κ1) is 16.0. The maximum atomic E-state index is 12.5. The first-order chi connectivity index (χ1) is 9.70. The first-order valence-corrected chi connectivity index (χ1v) is 8.96. The van der Waals surface area contributed by atoms with E-state index in [4.69, 9.17) is 5.73 Å². The summed E-state index contributed by atoms with van der Waals surface area (Å²) in [6.45, 7) is 7.58. The Morgan fingerprint density at radius 1 is 1.19 bits per heavy atom. The van der Waals surface area contributed by atoms with Gasteiger partial charge in [-0.05, 0) is 63.1 Å². The van der Waals surface area contributed by atoms with Gasteiger partial charge in [-0.1, -0.05) is 0 Å². The van der Waals surface area contributed by atoms with E-state index >= 15 is 0 Å². The molecule has 1 unspecified atom stereocenters. The van der Waals surface area contributed by atoms with E-state index in [-0.39, 0.29) is 10.9 Å². The molecule has 0 spiro atoms. The molecule has 21 heavy (non-hydrogen) atoms. The number of aryl methyl sites for hydroxylation is 2. The number of rotatable bonds is 4. The summed E-state index contributed by atoms with van der Waals surface area (Å²) in [5.41, 5.74) is 8.15. The minimum atomic E-state index is -3.58. The zero-order valence-electron chi connectivity index (χ0n) is 12.6. The lowest BCUT2D eigenvalue weighted by molar-refractivity contribution is 0.568. The third-order valence-electron chi connectivity index (χ3n) is 3.51. The Morgan fingerprint density at radius 3 is 2.38 bits per heavy atom. The minimum absolute atomic E-state index is 0.211. The van der Waals surface area contributed by atoms with Crippen LogP contribution >= 0.6 is 11.3 Å². The van der Waals surface area contributed by atoms with Crippen LogP contribution in [0.4, 0.5) is 5.69 Å². The number of anilines is 1. The zero-order chi connectivity index (χ0) is 15.8. The Kier molecular flexibility index (Phi) is 4.41. The second-order valence-electron chi connectivity index (χ2n) is 5.25. The predicted octanol–water partition coefficient (Wildman–Crippen LogP) is 3.30. The molecule has 0 saturated heterocycles. The average molecular weight is 324 g/mol. The van der Waals surface area contributed by atoms with Gasteiger partial charge in [0.25, 0.3) is 0 Å². The molecule has 0 saturated carbocycles. The van der Waals surface area contributed by atoms with Gasteiger partial charge in [-0.2, -0.15) is 0 Å². The molecular weight excluding hydrogens is 304 g/mol. The lowest BCUT2D eigenvalue weighted by Gasteiger charge is -2.14. The molecule has 2 aromatic rings. The molecule has 1 atom stereocenters. The van der Waals surface area contributed by atoms with Crippen molar-refractivity contribution >= 4 is 27.0 Å². The summed E-state index contributed by atoms with van der Waals surface area (Å²) in [6.07, 6.45) is 0. The summed E-state index contributed by atoms with van der Waals surface area (Å²) in [4.78, 5) is 2.36. The summed E-state index contributed by atoms with van der Waals surface area (Å²) in [7, 11) is -3.58. The van der Waals surface area contributed by atoms with Crippen molar-refractivity contribution in [2.75, 3.05) is 5.73 Å². The van der Waals surface area contributed by atoms with Gasteiger partial charge in [0.15, 0.2) is 0 Å². The van der Waals surface area contributed by atoms with Crippen molar-refractivity contribution in [2.24, 2.45) is 0 Å². The van der Waals surface area contributed by atoms with E-state index in [0.29, 0.717) is 5.69 Å².